The van der Waals surface area contributed by atoms with E-state index < -0.39 is 26.6 Å². The molecular weight excluding hydrogens is 298 g/mol. The summed E-state index contributed by atoms with van der Waals surface area (Å²) in [6.07, 6.45) is 2.66. The van der Waals surface area contributed by atoms with Gasteiger partial charge in [-0.05, 0) is 49.9 Å². The monoisotopic (exact) mass is 316 g/mol. The predicted molar refractivity (Wildman–Crippen MR) is 74.1 cm³/mol. The minimum atomic E-state index is -3.97. The Kier molecular flexibility index (Phi) is 3.75. The lowest BCUT2D eigenvalue weighted by Gasteiger charge is -2.26. The summed E-state index contributed by atoms with van der Waals surface area (Å²) in [4.78, 5) is -0.541. The van der Waals surface area contributed by atoms with Crippen LogP contribution in [0.25, 0.3) is 0 Å². The predicted octanol–water partition coefficient (Wildman–Crippen LogP) is 1.86. The van der Waals surface area contributed by atoms with Crippen molar-refractivity contribution >= 4 is 10.0 Å². The Bertz CT molecular complexity index is 663. The Balaban J connectivity index is 2.02. The van der Waals surface area contributed by atoms with Crippen molar-refractivity contribution < 1.29 is 17.2 Å². The van der Waals surface area contributed by atoms with Crippen LogP contribution in [0.5, 0.6) is 0 Å². The van der Waals surface area contributed by atoms with Gasteiger partial charge in [0.2, 0.25) is 10.0 Å². The summed E-state index contributed by atoms with van der Waals surface area (Å²) in [7, 11) is -2.31. The minimum Gasteiger partial charge on any atom is -0.316 e. The van der Waals surface area contributed by atoms with Crippen molar-refractivity contribution in [2.24, 2.45) is 5.92 Å². The van der Waals surface area contributed by atoms with E-state index in [-0.39, 0.29) is 12.6 Å². The van der Waals surface area contributed by atoms with Crippen LogP contribution in [0.15, 0.2) is 17.0 Å². The fourth-order valence-corrected chi connectivity index (χ4v) is 5.28. The number of hydrogen-bond acceptors (Lipinski definition) is 3. The molecule has 7 heteroatoms. The van der Waals surface area contributed by atoms with Crippen molar-refractivity contribution in [3.05, 3.63) is 29.3 Å². The number of sulfonamides is 1. The van der Waals surface area contributed by atoms with Crippen molar-refractivity contribution in [2.45, 2.75) is 36.7 Å². The highest BCUT2D eigenvalue weighted by atomic mass is 32.2. The SMILES string of the molecule is CNCc1cc(F)c(F)c(S(=O)(=O)N2CC3CCC2C3)c1. The molecule has 1 saturated carbocycles. The summed E-state index contributed by atoms with van der Waals surface area (Å²) in [5.74, 6) is -2.04. The van der Waals surface area contributed by atoms with E-state index in [1.54, 1.807) is 7.05 Å². The first-order valence-corrected chi connectivity index (χ1v) is 8.52. The van der Waals surface area contributed by atoms with Gasteiger partial charge in [0.1, 0.15) is 4.90 Å². The van der Waals surface area contributed by atoms with E-state index >= 15 is 0 Å². The van der Waals surface area contributed by atoms with Crippen molar-refractivity contribution in [2.75, 3.05) is 13.6 Å². The summed E-state index contributed by atoms with van der Waals surface area (Å²) in [5.41, 5.74) is 0.416. The number of nitrogens with zero attached hydrogens (tertiary/aromatic N) is 1. The van der Waals surface area contributed by atoms with Gasteiger partial charge in [0.05, 0.1) is 0 Å². The van der Waals surface area contributed by atoms with Crippen LogP contribution >= 0.6 is 0 Å². The average molecular weight is 316 g/mol. The van der Waals surface area contributed by atoms with Crippen LogP contribution in [0.4, 0.5) is 8.78 Å². The number of halogens is 2. The molecule has 1 aromatic rings. The second kappa shape index (κ2) is 5.30. The summed E-state index contributed by atoms with van der Waals surface area (Å²) in [6.45, 7) is 0.704. The lowest BCUT2D eigenvalue weighted by atomic mass is 10.1. The van der Waals surface area contributed by atoms with Crippen molar-refractivity contribution in [1.29, 1.82) is 0 Å². The van der Waals surface area contributed by atoms with E-state index in [1.165, 1.54) is 10.4 Å². The molecule has 3 rings (SSSR count). The molecule has 2 fully saturated rings. The topological polar surface area (TPSA) is 49.4 Å². The van der Waals surface area contributed by atoms with Crippen LogP contribution in [0.1, 0.15) is 24.8 Å². The van der Waals surface area contributed by atoms with Gasteiger partial charge in [0.15, 0.2) is 11.6 Å². The van der Waals surface area contributed by atoms with E-state index in [1.807, 2.05) is 0 Å². The van der Waals surface area contributed by atoms with Crippen LogP contribution < -0.4 is 5.32 Å². The lowest BCUT2D eigenvalue weighted by molar-refractivity contribution is 0.331. The van der Waals surface area contributed by atoms with Crippen LogP contribution in [0.3, 0.4) is 0 Å². The first kappa shape index (κ1) is 14.9. The molecule has 0 radical (unpaired) electrons. The molecule has 0 aromatic heterocycles. The summed E-state index contributed by atoms with van der Waals surface area (Å²) in [5, 5.41) is 2.81. The second-order valence-corrected chi connectivity index (χ2v) is 7.69. The zero-order valence-corrected chi connectivity index (χ0v) is 12.6. The van der Waals surface area contributed by atoms with Gasteiger partial charge in [-0.2, -0.15) is 4.31 Å². The number of benzene rings is 1. The fourth-order valence-electron chi connectivity index (χ4n) is 3.41. The Morgan fingerprint density at radius 3 is 2.67 bits per heavy atom. The molecule has 1 heterocycles. The normalized spacial score (nSPS) is 25.7. The maximum absolute atomic E-state index is 14.0. The molecular formula is C14H18F2N2O2S. The Morgan fingerprint density at radius 1 is 1.33 bits per heavy atom. The molecule has 2 atom stereocenters. The zero-order chi connectivity index (χ0) is 15.2. The Hall–Kier alpha value is -1.05. The summed E-state index contributed by atoms with van der Waals surface area (Å²) >= 11 is 0. The van der Waals surface area contributed by atoms with E-state index in [9.17, 15) is 17.2 Å². The van der Waals surface area contributed by atoms with Crippen LogP contribution in [0.2, 0.25) is 0 Å². The Morgan fingerprint density at radius 2 is 2.10 bits per heavy atom. The van der Waals surface area contributed by atoms with Gasteiger partial charge in [-0.15, -0.1) is 0 Å². The quantitative estimate of drug-likeness (QED) is 0.922. The number of nitrogens with one attached hydrogen (secondary N) is 1. The Labute approximate surface area is 123 Å². The average Bonchev–Trinajstić information content (AvgIpc) is 3.05. The maximum atomic E-state index is 14.0. The van der Waals surface area contributed by atoms with E-state index in [2.05, 4.69) is 5.32 Å². The maximum Gasteiger partial charge on any atom is 0.246 e. The third-order valence-corrected chi connectivity index (χ3v) is 6.30. The number of fused-ring (bicyclic) bond motifs is 2. The smallest absolute Gasteiger partial charge is 0.246 e. The van der Waals surface area contributed by atoms with Gasteiger partial charge in [0, 0.05) is 19.1 Å². The summed E-state index contributed by atoms with van der Waals surface area (Å²) in [6, 6.07) is 2.20. The van der Waals surface area contributed by atoms with Gasteiger partial charge in [-0.1, -0.05) is 0 Å². The molecule has 0 spiro atoms. The third kappa shape index (κ3) is 2.47. The standard InChI is InChI=1S/C14H18F2N2O2S/c1-17-7-10-5-12(15)14(16)13(6-10)21(19,20)18-8-9-2-3-11(18)4-9/h5-6,9,11,17H,2-4,7-8H2,1H3. The molecule has 2 bridgehead atoms. The highest BCUT2D eigenvalue weighted by molar-refractivity contribution is 7.89. The third-order valence-electron chi connectivity index (χ3n) is 4.38. The number of rotatable bonds is 4. The molecule has 4 nitrogen and oxygen atoms in total. The number of hydrogen-bond donors (Lipinski definition) is 1. The van der Waals surface area contributed by atoms with E-state index in [0.717, 1.165) is 25.3 Å². The molecule has 2 unspecified atom stereocenters. The van der Waals surface area contributed by atoms with Crippen molar-refractivity contribution in [3.63, 3.8) is 0 Å². The molecule has 116 valence electrons. The highest BCUT2D eigenvalue weighted by Crippen LogP contribution is 2.41. The first-order chi connectivity index (χ1) is 9.93. The highest BCUT2D eigenvalue weighted by Gasteiger charge is 2.45. The zero-order valence-electron chi connectivity index (χ0n) is 11.8. The van der Waals surface area contributed by atoms with Gasteiger partial charge < -0.3 is 5.32 Å². The molecule has 21 heavy (non-hydrogen) atoms. The largest absolute Gasteiger partial charge is 0.316 e. The fraction of sp³-hybridized carbons (Fsp3) is 0.571. The molecule has 2 aliphatic rings. The molecule has 1 saturated heterocycles. The summed E-state index contributed by atoms with van der Waals surface area (Å²) < 4.78 is 54.3. The second-order valence-electron chi connectivity index (χ2n) is 5.83. The van der Waals surface area contributed by atoms with Gasteiger partial charge in [-0.3, -0.25) is 0 Å². The van der Waals surface area contributed by atoms with Crippen LogP contribution in [0, 0.1) is 17.6 Å². The van der Waals surface area contributed by atoms with Crippen molar-refractivity contribution in [3.8, 4) is 0 Å². The van der Waals surface area contributed by atoms with Crippen molar-refractivity contribution in [1.82, 2.24) is 9.62 Å². The molecule has 1 N–H and O–H groups in total. The lowest BCUT2D eigenvalue weighted by Crippen LogP contribution is -2.38. The van der Waals surface area contributed by atoms with Crippen LogP contribution in [-0.4, -0.2) is 32.4 Å². The van der Waals surface area contributed by atoms with E-state index in [0.29, 0.717) is 18.0 Å². The van der Waals surface area contributed by atoms with Crippen LogP contribution in [-0.2, 0) is 16.6 Å². The van der Waals surface area contributed by atoms with Gasteiger partial charge in [-0.25, -0.2) is 17.2 Å². The molecule has 1 aliphatic heterocycles. The number of piperidine rings is 1. The minimum absolute atomic E-state index is 0.0598. The molecule has 1 aromatic carbocycles. The van der Waals surface area contributed by atoms with Gasteiger partial charge >= 0.3 is 0 Å². The van der Waals surface area contributed by atoms with Gasteiger partial charge in [0.25, 0.3) is 0 Å². The van der Waals surface area contributed by atoms with E-state index in [4.69, 9.17) is 0 Å². The first-order valence-electron chi connectivity index (χ1n) is 7.08. The molecule has 1 aliphatic carbocycles. The molecule has 0 amide bonds.